The molecule has 0 radical (unpaired) electrons. The van der Waals surface area contributed by atoms with Gasteiger partial charge in [0.15, 0.2) is 5.96 Å². The third kappa shape index (κ3) is 7.11. The number of hydrogen-bond acceptors (Lipinski definition) is 4. The fourth-order valence-electron chi connectivity index (χ4n) is 4.15. The zero-order valence-corrected chi connectivity index (χ0v) is 19.2. The lowest BCUT2D eigenvalue weighted by Gasteiger charge is -2.39. The highest BCUT2D eigenvalue weighted by molar-refractivity contribution is 7.10. The Hall–Kier alpha value is -1.89. The normalized spacial score (nSPS) is 20.3. The summed E-state index contributed by atoms with van der Waals surface area (Å²) in [6.45, 7) is 4.53. The van der Waals surface area contributed by atoms with Crippen molar-refractivity contribution in [3.05, 3.63) is 58.3 Å². The molecule has 0 aliphatic carbocycles. The van der Waals surface area contributed by atoms with Crippen molar-refractivity contribution in [2.45, 2.75) is 31.7 Å². The first kappa shape index (κ1) is 22.8. The molecule has 30 heavy (non-hydrogen) atoms. The van der Waals surface area contributed by atoms with Crippen LogP contribution in [0.15, 0.2) is 52.8 Å². The summed E-state index contributed by atoms with van der Waals surface area (Å²) < 4.78 is 5.77. The Morgan fingerprint density at radius 3 is 2.80 bits per heavy atom. The van der Waals surface area contributed by atoms with Gasteiger partial charge in [0.1, 0.15) is 0 Å². The molecular formula is C24H36N4OS. The van der Waals surface area contributed by atoms with Gasteiger partial charge in [0, 0.05) is 37.7 Å². The van der Waals surface area contributed by atoms with Crippen LogP contribution in [-0.4, -0.2) is 57.8 Å². The van der Waals surface area contributed by atoms with Crippen LogP contribution in [0.3, 0.4) is 0 Å². The van der Waals surface area contributed by atoms with Gasteiger partial charge in [-0.1, -0.05) is 36.4 Å². The Bertz CT molecular complexity index is 735. The van der Waals surface area contributed by atoms with Gasteiger partial charge in [-0.3, -0.25) is 9.89 Å². The SMILES string of the molecule is CN=C(NCCCOCCc1ccccc1)NCC1CCCN(C)C1c1cccs1. The number of thiophene rings is 1. The maximum atomic E-state index is 5.77. The molecule has 2 unspecified atom stereocenters. The van der Waals surface area contributed by atoms with Crippen LogP contribution in [0.25, 0.3) is 0 Å². The number of likely N-dealkylation sites (tertiary alicyclic amines) is 1. The first-order valence-electron chi connectivity index (χ1n) is 11.1. The van der Waals surface area contributed by atoms with Gasteiger partial charge in [0.05, 0.1) is 6.61 Å². The van der Waals surface area contributed by atoms with Crippen molar-refractivity contribution in [1.29, 1.82) is 0 Å². The first-order chi connectivity index (χ1) is 14.8. The molecule has 1 aromatic heterocycles. The second kappa shape index (κ2) is 12.7. The van der Waals surface area contributed by atoms with Crippen molar-refractivity contribution in [3.63, 3.8) is 0 Å². The number of guanidine groups is 1. The minimum absolute atomic E-state index is 0.502. The largest absolute Gasteiger partial charge is 0.381 e. The predicted octanol–water partition coefficient (Wildman–Crippen LogP) is 3.95. The third-order valence-electron chi connectivity index (χ3n) is 5.73. The number of piperidine rings is 1. The van der Waals surface area contributed by atoms with Crippen molar-refractivity contribution in [3.8, 4) is 0 Å². The molecule has 1 fully saturated rings. The molecule has 0 bridgehead atoms. The standard InChI is InChI=1S/C24H36N4OS/c1-25-24(26-14-8-16-29-17-13-20-9-4-3-5-10-20)27-19-21-11-6-15-28(2)23(21)22-12-7-18-30-22/h3-5,7,9-10,12,18,21,23H,6,8,11,13-17,19H2,1-2H3,(H2,25,26,27). The molecule has 1 saturated heterocycles. The number of rotatable bonds is 10. The van der Waals surface area contributed by atoms with E-state index < -0.39 is 0 Å². The van der Waals surface area contributed by atoms with E-state index in [1.807, 2.05) is 24.5 Å². The molecule has 0 amide bonds. The quantitative estimate of drug-likeness (QED) is 0.342. The van der Waals surface area contributed by atoms with E-state index in [1.165, 1.54) is 29.8 Å². The van der Waals surface area contributed by atoms with E-state index >= 15 is 0 Å². The molecule has 0 spiro atoms. The summed E-state index contributed by atoms with van der Waals surface area (Å²) in [6.07, 6.45) is 4.46. The monoisotopic (exact) mass is 428 g/mol. The third-order valence-corrected chi connectivity index (χ3v) is 6.68. The predicted molar refractivity (Wildman–Crippen MR) is 127 cm³/mol. The Balaban J connectivity index is 1.32. The summed E-state index contributed by atoms with van der Waals surface area (Å²) in [4.78, 5) is 8.37. The molecule has 0 saturated carbocycles. The highest BCUT2D eigenvalue weighted by atomic mass is 32.1. The topological polar surface area (TPSA) is 48.9 Å². The van der Waals surface area contributed by atoms with Gasteiger partial charge in [-0.15, -0.1) is 11.3 Å². The van der Waals surface area contributed by atoms with Crippen molar-refractivity contribution in [2.75, 3.05) is 46.9 Å². The Labute approximate surface area is 185 Å². The zero-order chi connectivity index (χ0) is 21.0. The Morgan fingerprint density at radius 1 is 1.17 bits per heavy atom. The summed E-state index contributed by atoms with van der Waals surface area (Å²) in [7, 11) is 4.09. The Morgan fingerprint density at radius 2 is 2.03 bits per heavy atom. The fourth-order valence-corrected chi connectivity index (χ4v) is 5.13. The molecule has 2 atom stereocenters. The molecule has 164 valence electrons. The summed E-state index contributed by atoms with van der Waals surface area (Å²) >= 11 is 1.87. The van der Waals surface area contributed by atoms with Gasteiger partial charge in [-0.2, -0.15) is 0 Å². The second-order valence-corrected chi connectivity index (χ2v) is 8.90. The van der Waals surface area contributed by atoms with Crippen LogP contribution in [-0.2, 0) is 11.2 Å². The van der Waals surface area contributed by atoms with E-state index in [9.17, 15) is 0 Å². The highest BCUT2D eigenvalue weighted by Gasteiger charge is 2.31. The molecule has 1 aromatic carbocycles. The maximum absolute atomic E-state index is 5.77. The van der Waals surface area contributed by atoms with Crippen LogP contribution < -0.4 is 10.6 Å². The number of benzene rings is 1. The molecule has 1 aliphatic heterocycles. The van der Waals surface area contributed by atoms with Gasteiger partial charge >= 0.3 is 0 Å². The molecule has 3 rings (SSSR count). The summed E-state index contributed by atoms with van der Waals surface area (Å²) in [5, 5.41) is 9.16. The van der Waals surface area contributed by atoms with Crippen molar-refractivity contribution in [1.82, 2.24) is 15.5 Å². The van der Waals surface area contributed by atoms with Crippen LogP contribution >= 0.6 is 11.3 Å². The zero-order valence-electron chi connectivity index (χ0n) is 18.3. The van der Waals surface area contributed by atoms with Gasteiger partial charge in [-0.05, 0) is 62.2 Å². The van der Waals surface area contributed by atoms with Gasteiger partial charge in [0.25, 0.3) is 0 Å². The number of nitrogens with one attached hydrogen (secondary N) is 2. The number of hydrogen-bond donors (Lipinski definition) is 2. The fraction of sp³-hybridized carbons (Fsp3) is 0.542. The molecule has 6 heteroatoms. The number of aliphatic imine (C=N–C) groups is 1. The van der Waals surface area contributed by atoms with Crippen molar-refractivity contribution >= 4 is 17.3 Å². The van der Waals surface area contributed by atoms with Gasteiger partial charge < -0.3 is 15.4 Å². The molecule has 5 nitrogen and oxygen atoms in total. The summed E-state index contributed by atoms with van der Waals surface area (Å²) in [5.41, 5.74) is 1.33. The average Bonchev–Trinajstić information content (AvgIpc) is 3.30. The number of ether oxygens (including phenoxy) is 1. The molecule has 1 aliphatic rings. The lowest BCUT2D eigenvalue weighted by molar-refractivity contribution is 0.125. The van der Waals surface area contributed by atoms with E-state index in [1.54, 1.807) is 0 Å². The Kier molecular flexibility index (Phi) is 9.67. The van der Waals surface area contributed by atoms with Crippen LogP contribution in [0, 0.1) is 5.92 Å². The highest BCUT2D eigenvalue weighted by Crippen LogP contribution is 2.36. The molecule has 2 heterocycles. The van der Waals surface area contributed by atoms with E-state index in [0.29, 0.717) is 12.0 Å². The molecule has 2 N–H and O–H groups in total. The minimum atomic E-state index is 0.502. The van der Waals surface area contributed by atoms with Crippen LogP contribution in [0.2, 0.25) is 0 Å². The summed E-state index contributed by atoms with van der Waals surface area (Å²) in [6, 6.07) is 15.4. The van der Waals surface area contributed by atoms with E-state index in [4.69, 9.17) is 4.74 Å². The van der Waals surface area contributed by atoms with E-state index in [2.05, 4.69) is 69.4 Å². The maximum Gasteiger partial charge on any atom is 0.190 e. The van der Waals surface area contributed by atoms with Crippen molar-refractivity contribution in [2.24, 2.45) is 10.9 Å². The van der Waals surface area contributed by atoms with Crippen LogP contribution in [0.5, 0.6) is 0 Å². The molecule has 2 aromatic rings. The second-order valence-electron chi connectivity index (χ2n) is 7.92. The minimum Gasteiger partial charge on any atom is -0.381 e. The van der Waals surface area contributed by atoms with E-state index in [0.717, 1.165) is 45.1 Å². The van der Waals surface area contributed by atoms with Crippen LogP contribution in [0.4, 0.5) is 0 Å². The number of nitrogens with zero attached hydrogens (tertiary/aromatic N) is 2. The smallest absolute Gasteiger partial charge is 0.190 e. The van der Waals surface area contributed by atoms with E-state index in [-0.39, 0.29) is 0 Å². The van der Waals surface area contributed by atoms with Crippen LogP contribution in [0.1, 0.15) is 35.7 Å². The summed E-state index contributed by atoms with van der Waals surface area (Å²) in [5.74, 6) is 1.49. The first-order valence-corrected chi connectivity index (χ1v) is 12.0. The molecular weight excluding hydrogens is 392 g/mol. The van der Waals surface area contributed by atoms with Gasteiger partial charge in [0.2, 0.25) is 0 Å². The van der Waals surface area contributed by atoms with Crippen molar-refractivity contribution < 1.29 is 4.74 Å². The van der Waals surface area contributed by atoms with Gasteiger partial charge in [-0.25, -0.2) is 0 Å². The average molecular weight is 429 g/mol. The lowest BCUT2D eigenvalue weighted by Crippen LogP contribution is -2.45. The lowest BCUT2D eigenvalue weighted by atomic mass is 9.88.